The minimum absolute atomic E-state index is 0.0565. The molecule has 1 aromatic carbocycles. The molecule has 0 saturated heterocycles. The Balaban J connectivity index is 2.19. The van der Waals surface area contributed by atoms with E-state index in [1.54, 1.807) is 19.2 Å². The minimum atomic E-state index is -4.16. The van der Waals surface area contributed by atoms with Crippen molar-refractivity contribution >= 4 is 5.91 Å². The van der Waals surface area contributed by atoms with Crippen LogP contribution in [0.25, 0.3) is 0 Å². The highest BCUT2D eigenvalue weighted by Gasteiger charge is 2.25. The van der Waals surface area contributed by atoms with Gasteiger partial charge in [0.2, 0.25) is 5.91 Å². The second-order valence-corrected chi connectivity index (χ2v) is 4.42. The van der Waals surface area contributed by atoms with Gasteiger partial charge in [-0.3, -0.25) is 4.79 Å². The van der Waals surface area contributed by atoms with Gasteiger partial charge in [0.1, 0.15) is 5.75 Å². The summed E-state index contributed by atoms with van der Waals surface area (Å²) in [5, 5.41) is 2.48. The van der Waals surface area contributed by atoms with E-state index < -0.39 is 12.6 Å². The number of hydrogen-bond acceptors (Lipinski definition) is 2. The minimum Gasteiger partial charge on any atom is -0.497 e. The zero-order valence-electron chi connectivity index (χ0n) is 11.3. The molecule has 1 N–H and O–H groups in total. The number of carbonyl (C=O) groups is 1. The van der Waals surface area contributed by atoms with E-state index in [9.17, 15) is 18.0 Å². The molecule has 0 aromatic heterocycles. The van der Waals surface area contributed by atoms with E-state index in [1.807, 2.05) is 12.1 Å². The Kier molecular flexibility index (Phi) is 6.35. The molecule has 0 spiro atoms. The molecule has 0 saturated carbocycles. The van der Waals surface area contributed by atoms with Crippen LogP contribution >= 0.6 is 0 Å². The third-order valence-electron chi connectivity index (χ3n) is 2.76. The second-order valence-electron chi connectivity index (χ2n) is 4.42. The molecule has 20 heavy (non-hydrogen) atoms. The largest absolute Gasteiger partial charge is 0.497 e. The van der Waals surface area contributed by atoms with Crippen molar-refractivity contribution in [1.82, 2.24) is 5.32 Å². The van der Waals surface area contributed by atoms with Crippen LogP contribution in [0.5, 0.6) is 5.75 Å². The van der Waals surface area contributed by atoms with Crippen molar-refractivity contribution in [1.29, 1.82) is 0 Å². The van der Waals surface area contributed by atoms with Gasteiger partial charge in [-0.2, -0.15) is 13.2 Å². The molecule has 0 aliphatic carbocycles. The van der Waals surface area contributed by atoms with Crippen LogP contribution in [0.3, 0.4) is 0 Å². The van der Waals surface area contributed by atoms with Crippen LogP contribution in [0.15, 0.2) is 24.3 Å². The van der Waals surface area contributed by atoms with Crippen LogP contribution < -0.4 is 10.1 Å². The molecule has 0 bridgehead atoms. The zero-order valence-corrected chi connectivity index (χ0v) is 11.3. The van der Waals surface area contributed by atoms with Crippen molar-refractivity contribution in [3.05, 3.63) is 29.8 Å². The number of ether oxygens (including phenoxy) is 1. The molecule has 1 amide bonds. The van der Waals surface area contributed by atoms with Gasteiger partial charge in [0.15, 0.2) is 0 Å². The first-order valence-corrected chi connectivity index (χ1v) is 6.37. The summed E-state index contributed by atoms with van der Waals surface area (Å²) in [6.07, 6.45) is -4.30. The Hall–Kier alpha value is -1.72. The molecule has 0 aliphatic heterocycles. The maximum atomic E-state index is 11.9. The summed E-state index contributed by atoms with van der Waals surface area (Å²) in [6, 6.07) is 7.32. The smallest absolute Gasteiger partial charge is 0.389 e. The molecule has 1 aromatic rings. The number of amides is 1. The van der Waals surface area contributed by atoms with E-state index in [0.29, 0.717) is 6.42 Å². The van der Waals surface area contributed by atoms with Crippen LogP contribution in [0.4, 0.5) is 13.2 Å². The Labute approximate surface area is 116 Å². The number of halogens is 3. The fourth-order valence-corrected chi connectivity index (χ4v) is 1.66. The highest BCUT2D eigenvalue weighted by atomic mass is 19.4. The quantitative estimate of drug-likeness (QED) is 0.783. The van der Waals surface area contributed by atoms with Crippen molar-refractivity contribution in [3.8, 4) is 5.75 Å². The second kappa shape index (κ2) is 7.77. The maximum absolute atomic E-state index is 11.9. The predicted octanol–water partition coefficient (Wildman–Crippen LogP) is 3.09. The van der Waals surface area contributed by atoms with Gasteiger partial charge in [0, 0.05) is 19.4 Å². The first kappa shape index (κ1) is 16.3. The summed E-state index contributed by atoms with van der Waals surface area (Å²) in [6.45, 7) is 0.0565. The lowest BCUT2D eigenvalue weighted by Crippen LogP contribution is -2.25. The van der Waals surface area contributed by atoms with Crippen molar-refractivity contribution in [2.24, 2.45) is 0 Å². The average Bonchev–Trinajstić information content (AvgIpc) is 2.41. The summed E-state index contributed by atoms with van der Waals surface area (Å²) < 4.78 is 40.7. The summed E-state index contributed by atoms with van der Waals surface area (Å²) in [4.78, 5) is 11.4. The van der Waals surface area contributed by atoms with Gasteiger partial charge >= 0.3 is 6.18 Å². The highest BCUT2D eigenvalue weighted by molar-refractivity contribution is 5.76. The SMILES string of the molecule is COc1ccc(CCC(=O)NCCCC(F)(F)F)cc1. The number of rotatable bonds is 7. The van der Waals surface area contributed by atoms with Gasteiger partial charge in [0.25, 0.3) is 0 Å². The molecule has 6 heteroatoms. The number of aryl methyl sites for hydroxylation is 1. The third kappa shape index (κ3) is 7.01. The van der Waals surface area contributed by atoms with Crippen LogP contribution in [-0.4, -0.2) is 25.7 Å². The first-order valence-electron chi connectivity index (χ1n) is 6.37. The molecule has 0 unspecified atom stereocenters. The maximum Gasteiger partial charge on any atom is 0.389 e. The van der Waals surface area contributed by atoms with Gasteiger partial charge in [-0.1, -0.05) is 12.1 Å². The lowest BCUT2D eigenvalue weighted by Gasteiger charge is -2.07. The number of carbonyl (C=O) groups excluding carboxylic acids is 1. The zero-order chi connectivity index (χ0) is 15.0. The Morgan fingerprint density at radius 1 is 1.25 bits per heavy atom. The lowest BCUT2D eigenvalue weighted by molar-refractivity contribution is -0.136. The van der Waals surface area contributed by atoms with Gasteiger partial charge in [-0.15, -0.1) is 0 Å². The average molecular weight is 289 g/mol. The van der Waals surface area contributed by atoms with E-state index in [-0.39, 0.29) is 25.3 Å². The molecular weight excluding hydrogens is 271 g/mol. The monoisotopic (exact) mass is 289 g/mol. The van der Waals surface area contributed by atoms with Gasteiger partial charge in [-0.25, -0.2) is 0 Å². The Morgan fingerprint density at radius 2 is 1.90 bits per heavy atom. The first-order chi connectivity index (χ1) is 9.40. The molecule has 3 nitrogen and oxygen atoms in total. The highest BCUT2D eigenvalue weighted by Crippen LogP contribution is 2.20. The molecule has 0 heterocycles. The number of hydrogen-bond donors (Lipinski definition) is 1. The summed E-state index contributed by atoms with van der Waals surface area (Å²) in [5.74, 6) is 0.508. The topological polar surface area (TPSA) is 38.3 Å². The van der Waals surface area contributed by atoms with E-state index in [4.69, 9.17) is 4.74 Å². The number of benzene rings is 1. The van der Waals surface area contributed by atoms with Crippen molar-refractivity contribution in [2.75, 3.05) is 13.7 Å². The Morgan fingerprint density at radius 3 is 2.45 bits per heavy atom. The fourth-order valence-electron chi connectivity index (χ4n) is 1.66. The van der Waals surface area contributed by atoms with Crippen molar-refractivity contribution in [2.45, 2.75) is 31.9 Å². The fraction of sp³-hybridized carbons (Fsp3) is 0.500. The normalized spacial score (nSPS) is 11.2. The number of nitrogens with one attached hydrogen (secondary N) is 1. The van der Waals surface area contributed by atoms with Crippen LogP contribution in [0.2, 0.25) is 0 Å². The van der Waals surface area contributed by atoms with Crippen LogP contribution in [-0.2, 0) is 11.2 Å². The summed E-state index contributed by atoms with van der Waals surface area (Å²) in [7, 11) is 1.57. The van der Waals surface area contributed by atoms with E-state index in [1.165, 1.54) is 0 Å². The van der Waals surface area contributed by atoms with E-state index in [0.717, 1.165) is 11.3 Å². The summed E-state index contributed by atoms with van der Waals surface area (Å²) >= 11 is 0. The third-order valence-corrected chi connectivity index (χ3v) is 2.76. The molecule has 0 fully saturated rings. The Bertz CT molecular complexity index is 415. The molecule has 112 valence electrons. The van der Waals surface area contributed by atoms with Gasteiger partial charge in [-0.05, 0) is 30.5 Å². The van der Waals surface area contributed by atoms with Gasteiger partial charge in [0.05, 0.1) is 7.11 Å². The van der Waals surface area contributed by atoms with Crippen molar-refractivity contribution in [3.63, 3.8) is 0 Å². The standard InChI is InChI=1S/C14H18F3NO2/c1-20-12-6-3-11(4-7-12)5-8-13(19)18-10-2-9-14(15,16)17/h3-4,6-7H,2,5,8-10H2,1H3,(H,18,19). The molecule has 0 atom stereocenters. The number of methoxy groups -OCH3 is 1. The predicted molar refractivity (Wildman–Crippen MR) is 69.6 cm³/mol. The van der Waals surface area contributed by atoms with Crippen LogP contribution in [0.1, 0.15) is 24.8 Å². The van der Waals surface area contributed by atoms with E-state index >= 15 is 0 Å². The molecule has 0 radical (unpaired) electrons. The molecule has 0 aliphatic rings. The number of alkyl halides is 3. The van der Waals surface area contributed by atoms with Crippen LogP contribution in [0, 0.1) is 0 Å². The van der Waals surface area contributed by atoms with E-state index in [2.05, 4.69) is 5.32 Å². The summed E-state index contributed by atoms with van der Waals surface area (Å²) in [5.41, 5.74) is 0.983. The molecule has 1 rings (SSSR count). The van der Waals surface area contributed by atoms with Gasteiger partial charge < -0.3 is 10.1 Å². The van der Waals surface area contributed by atoms with Crippen molar-refractivity contribution < 1.29 is 22.7 Å². The lowest BCUT2D eigenvalue weighted by atomic mass is 10.1. The molecular formula is C14H18F3NO2.